The van der Waals surface area contributed by atoms with E-state index in [4.69, 9.17) is 0 Å². The van der Waals surface area contributed by atoms with Crippen LogP contribution in [0.3, 0.4) is 0 Å². The lowest BCUT2D eigenvalue weighted by Gasteiger charge is -2.17. The molecule has 1 aliphatic rings. The van der Waals surface area contributed by atoms with E-state index in [2.05, 4.69) is 25.2 Å². The van der Waals surface area contributed by atoms with Crippen LogP contribution in [-0.2, 0) is 0 Å². The molecule has 0 aromatic carbocycles. The molecule has 2 aromatic rings. The van der Waals surface area contributed by atoms with Gasteiger partial charge < -0.3 is 10.2 Å². The molecule has 1 saturated heterocycles. The van der Waals surface area contributed by atoms with Crippen LogP contribution in [0.5, 0.6) is 0 Å². The zero-order valence-corrected chi connectivity index (χ0v) is 12.2. The van der Waals surface area contributed by atoms with Crippen molar-refractivity contribution in [2.24, 2.45) is 0 Å². The summed E-state index contributed by atoms with van der Waals surface area (Å²) in [5.41, 5.74) is 0.902. The molecule has 0 unspecified atom stereocenters. The molecule has 0 saturated carbocycles. The van der Waals surface area contributed by atoms with Crippen LogP contribution < -0.4 is 10.2 Å². The Labute approximate surface area is 124 Å². The minimum absolute atomic E-state index is 0.703. The van der Waals surface area contributed by atoms with Crippen LogP contribution in [0, 0.1) is 0 Å². The number of nitrogens with zero attached hydrogens (tertiary/aromatic N) is 4. The highest BCUT2D eigenvalue weighted by Gasteiger charge is 2.15. The number of pyridine rings is 1. The van der Waals surface area contributed by atoms with Crippen molar-refractivity contribution < 1.29 is 0 Å². The zero-order valence-electron chi connectivity index (χ0n) is 12.2. The monoisotopic (exact) mass is 281 g/mol. The molecule has 1 fully saturated rings. The third kappa shape index (κ3) is 3.37. The van der Waals surface area contributed by atoms with Gasteiger partial charge in [-0.25, -0.2) is 9.97 Å². The van der Waals surface area contributed by atoms with Crippen molar-refractivity contribution in [3.05, 3.63) is 42.0 Å². The van der Waals surface area contributed by atoms with Crippen molar-refractivity contribution in [3.63, 3.8) is 0 Å². The van der Waals surface area contributed by atoms with Gasteiger partial charge in [0.1, 0.15) is 11.6 Å². The molecule has 108 valence electrons. The fourth-order valence-corrected chi connectivity index (χ4v) is 2.40. The first kappa shape index (κ1) is 13.5. The highest BCUT2D eigenvalue weighted by atomic mass is 15.2. The van der Waals surface area contributed by atoms with Crippen LogP contribution in [-0.4, -0.2) is 35.1 Å². The average Bonchev–Trinajstić information content (AvgIpc) is 3.08. The number of hydrogen-bond donors (Lipinski definition) is 1. The van der Waals surface area contributed by atoms with Crippen LogP contribution in [0.25, 0.3) is 12.2 Å². The van der Waals surface area contributed by atoms with Gasteiger partial charge in [0, 0.05) is 32.4 Å². The Kier molecular flexibility index (Phi) is 4.09. The Morgan fingerprint density at radius 2 is 2.00 bits per heavy atom. The molecule has 3 heterocycles. The molecule has 5 heteroatoms. The molecule has 3 rings (SSSR count). The fourth-order valence-electron chi connectivity index (χ4n) is 2.40. The molecule has 0 radical (unpaired) electrons. The summed E-state index contributed by atoms with van der Waals surface area (Å²) in [4.78, 5) is 15.7. The minimum Gasteiger partial charge on any atom is -0.373 e. The van der Waals surface area contributed by atoms with E-state index in [1.54, 1.807) is 6.20 Å². The third-order valence-corrected chi connectivity index (χ3v) is 3.51. The lowest BCUT2D eigenvalue weighted by atomic mass is 10.3. The smallest absolute Gasteiger partial charge is 0.156 e. The number of anilines is 2. The van der Waals surface area contributed by atoms with Crippen molar-refractivity contribution in [1.82, 2.24) is 15.0 Å². The molecule has 5 nitrogen and oxygen atoms in total. The maximum Gasteiger partial charge on any atom is 0.156 e. The van der Waals surface area contributed by atoms with Crippen LogP contribution in [0.1, 0.15) is 24.4 Å². The Morgan fingerprint density at radius 1 is 1.14 bits per heavy atom. The molecule has 0 spiro atoms. The predicted octanol–water partition coefficient (Wildman–Crippen LogP) is 2.68. The largest absolute Gasteiger partial charge is 0.373 e. The van der Waals surface area contributed by atoms with E-state index in [-0.39, 0.29) is 0 Å². The molecular formula is C16H19N5. The number of hydrogen-bond acceptors (Lipinski definition) is 5. The molecule has 1 aliphatic heterocycles. The van der Waals surface area contributed by atoms with Gasteiger partial charge in [-0.15, -0.1) is 0 Å². The fraction of sp³-hybridized carbons (Fsp3) is 0.312. The topological polar surface area (TPSA) is 53.9 Å². The SMILES string of the molecule is CNc1cc(N2CCCC2)nc(C=Cc2ccccn2)n1. The quantitative estimate of drug-likeness (QED) is 0.933. The summed E-state index contributed by atoms with van der Waals surface area (Å²) in [6.45, 7) is 2.15. The van der Waals surface area contributed by atoms with E-state index in [1.165, 1.54) is 12.8 Å². The maximum atomic E-state index is 4.64. The van der Waals surface area contributed by atoms with Crippen molar-refractivity contribution in [3.8, 4) is 0 Å². The van der Waals surface area contributed by atoms with E-state index < -0.39 is 0 Å². The van der Waals surface area contributed by atoms with Crippen molar-refractivity contribution in [1.29, 1.82) is 0 Å². The Morgan fingerprint density at radius 3 is 2.71 bits per heavy atom. The van der Waals surface area contributed by atoms with Gasteiger partial charge in [-0.3, -0.25) is 4.98 Å². The maximum absolute atomic E-state index is 4.64. The standard InChI is InChI=1S/C16H19N5/c1-17-15-12-16(21-10-4-5-11-21)20-14(19-15)8-7-13-6-2-3-9-18-13/h2-3,6-9,12H,4-5,10-11H2,1H3,(H,17,19,20). The lowest BCUT2D eigenvalue weighted by molar-refractivity contribution is 0.924. The number of aromatic nitrogens is 3. The molecule has 0 amide bonds. The van der Waals surface area contributed by atoms with Gasteiger partial charge in [-0.2, -0.15) is 0 Å². The summed E-state index contributed by atoms with van der Waals surface area (Å²) in [6, 6.07) is 7.83. The van der Waals surface area contributed by atoms with Crippen LogP contribution in [0.2, 0.25) is 0 Å². The van der Waals surface area contributed by atoms with Gasteiger partial charge in [-0.1, -0.05) is 6.07 Å². The van der Waals surface area contributed by atoms with Gasteiger partial charge in [0.2, 0.25) is 0 Å². The van der Waals surface area contributed by atoms with Crippen LogP contribution >= 0.6 is 0 Å². The van der Waals surface area contributed by atoms with Gasteiger partial charge in [0.25, 0.3) is 0 Å². The normalized spacial score (nSPS) is 14.8. The second kappa shape index (κ2) is 6.35. The number of nitrogens with one attached hydrogen (secondary N) is 1. The van der Waals surface area contributed by atoms with Crippen molar-refractivity contribution >= 4 is 23.8 Å². The molecule has 21 heavy (non-hydrogen) atoms. The summed E-state index contributed by atoms with van der Waals surface area (Å²) >= 11 is 0. The van der Waals surface area contributed by atoms with E-state index >= 15 is 0 Å². The van der Waals surface area contributed by atoms with Gasteiger partial charge in [0.05, 0.1) is 5.69 Å². The first-order valence-corrected chi connectivity index (χ1v) is 7.26. The van der Waals surface area contributed by atoms with Crippen molar-refractivity contribution in [2.45, 2.75) is 12.8 Å². The van der Waals surface area contributed by atoms with Crippen molar-refractivity contribution in [2.75, 3.05) is 30.4 Å². The van der Waals surface area contributed by atoms with E-state index in [9.17, 15) is 0 Å². The molecule has 2 aromatic heterocycles. The first-order chi connectivity index (χ1) is 10.3. The zero-order chi connectivity index (χ0) is 14.5. The molecule has 1 N–H and O–H groups in total. The summed E-state index contributed by atoms with van der Waals surface area (Å²) in [7, 11) is 1.88. The highest BCUT2D eigenvalue weighted by molar-refractivity contribution is 5.66. The Bertz CT molecular complexity index is 618. The molecule has 0 aliphatic carbocycles. The van der Waals surface area contributed by atoms with Gasteiger partial charge in [0.15, 0.2) is 5.82 Å². The summed E-state index contributed by atoms with van der Waals surface area (Å²) in [5.74, 6) is 2.54. The van der Waals surface area contributed by atoms with Crippen LogP contribution in [0.4, 0.5) is 11.6 Å². The molecule has 0 bridgehead atoms. The second-order valence-corrected chi connectivity index (χ2v) is 5.00. The average molecular weight is 281 g/mol. The number of rotatable bonds is 4. The second-order valence-electron chi connectivity index (χ2n) is 5.00. The van der Waals surface area contributed by atoms with Gasteiger partial charge in [-0.05, 0) is 37.1 Å². The van der Waals surface area contributed by atoms with E-state index in [0.29, 0.717) is 5.82 Å². The van der Waals surface area contributed by atoms with E-state index in [0.717, 1.165) is 30.4 Å². The molecular weight excluding hydrogens is 262 g/mol. The summed E-state index contributed by atoms with van der Waals surface area (Å²) in [6.07, 6.45) is 8.08. The Balaban J connectivity index is 1.87. The Hall–Kier alpha value is -2.43. The van der Waals surface area contributed by atoms with Crippen LogP contribution in [0.15, 0.2) is 30.5 Å². The third-order valence-electron chi connectivity index (χ3n) is 3.51. The van der Waals surface area contributed by atoms with E-state index in [1.807, 2.05) is 43.5 Å². The lowest BCUT2D eigenvalue weighted by Crippen LogP contribution is -2.19. The summed E-state index contributed by atoms with van der Waals surface area (Å²) in [5, 5.41) is 3.10. The predicted molar refractivity (Wildman–Crippen MR) is 86.2 cm³/mol. The first-order valence-electron chi connectivity index (χ1n) is 7.26. The highest BCUT2D eigenvalue weighted by Crippen LogP contribution is 2.21. The minimum atomic E-state index is 0.703. The summed E-state index contributed by atoms with van der Waals surface area (Å²) < 4.78 is 0. The van der Waals surface area contributed by atoms with Gasteiger partial charge >= 0.3 is 0 Å². The molecule has 0 atom stereocenters.